The van der Waals surface area contributed by atoms with Gasteiger partial charge in [-0.15, -0.1) is 11.6 Å². The summed E-state index contributed by atoms with van der Waals surface area (Å²) in [6, 6.07) is 3.79. The molecular weight excluding hydrogens is 218 g/mol. The Kier molecular flexibility index (Phi) is 5.12. The summed E-state index contributed by atoms with van der Waals surface area (Å²) in [5.74, 6) is 1.52. The molecule has 78 valence electrons. The topological polar surface area (TPSA) is 22.1 Å². The van der Waals surface area contributed by atoms with Gasteiger partial charge in [0.1, 0.15) is 5.03 Å². The lowest BCUT2D eigenvalue weighted by molar-refractivity contribution is 0.400. The maximum atomic E-state index is 5.67. The molecule has 1 aromatic heterocycles. The number of aromatic nitrogens is 1. The van der Waals surface area contributed by atoms with Crippen LogP contribution in [-0.4, -0.2) is 23.2 Å². The quantitative estimate of drug-likeness (QED) is 0.574. The van der Waals surface area contributed by atoms with Crippen LogP contribution in [0.4, 0.5) is 0 Å². The van der Waals surface area contributed by atoms with Crippen LogP contribution in [0.5, 0.6) is 5.75 Å². The van der Waals surface area contributed by atoms with E-state index >= 15 is 0 Å². The van der Waals surface area contributed by atoms with Crippen molar-refractivity contribution in [1.82, 2.24) is 4.98 Å². The summed E-state index contributed by atoms with van der Waals surface area (Å²) in [5, 5.41) is 1.41. The number of ether oxygens (including phenoxy) is 1. The second-order valence-electron chi connectivity index (χ2n) is 2.92. The highest BCUT2D eigenvalue weighted by molar-refractivity contribution is 7.99. The van der Waals surface area contributed by atoms with Gasteiger partial charge in [0.25, 0.3) is 0 Å². The zero-order valence-electron chi connectivity index (χ0n) is 8.37. The first-order valence-electron chi connectivity index (χ1n) is 4.49. The fraction of sp³-hybridized carbons (Fsp3) is 0.500. The molecule has 0 radical (unpaired) electrons. The third kappa shape index (κ3) is 3.39. The van der Waals surface area contributed by atoms with Gasteiger partial charge in [-0.25, -0.2) is 4.98 Å². The van der Waals surface area contributed by atoms with Crippen LogP contribution in [0.1, 0.15) is 13.3 Å². The second kappa shape index (κ2) is 6.14. The van der Waals surface area contributed by atoms with E-state index in [0.29, 0.717) is 11.1 Å². The van der Waals surface area contributed by atoms with E-state index in [9.17, 15) is 0 Å². The van der Waals surface area contributed by atoms with Crippen LogP contribution >= 0.6 is 23.4 Å². The van der Waals surface area contributed by atoms with Crippen LogP contribution in [0, 0.1) is 0 Å². The number of halogens is 1. The predicted molar refractivity (Wildman–Crippen MR) is 61.4 cm³/mol. The van der Waals surface area contributed by atoms with Crippen LogP contribution in [0.15, 0.2) is 23.4 Å². The summed E-state index contributed by atoms with van der Waals surface area (Å²) < 4.78 is 5.21. The maximum absolute atomic E-state index is 5.67. The molecule has 0 aliphatic rings. The standard InChI is InChI=1S/C10H14ClNOS/c1-8(5-6-11)14-10-9(13-2)4-3-7-12-10/h3-4,7-8H,5-6H2,1-2H3. The number of alkyl halides is 1. The second-order valence-corrected chi connectivity index (χ2v) is 4.72. The molecule has 0 aliphatic carbocycles. The fourth-order valence-electron chi connectivity index (χ4n) is 1.02. The third-order valence-corrected chi connectivity index (χ3v) is 3.17. The molecule has 0 saturated heterocycles. The van der Waals surface area contributed by atoms with Crippen molar-refractivity contribution in [2.75, 3.05) is 13.0 Å². The largest absolute Gasteiger partial charge is 0.494 e. The van der Waals surface area contributed by atoms with Crippen molar-refractivity contribution in [2.45, 2.75) is 23.6 Å². The number of nitrogens with zero attached hydrogens (tertiary/aromatic N) is 1. The van der Waals surface area contributed by atoms with Crippen molar-refractivity contribution in [2.24, 2.45) is 0 Å². The highest BCUT2D eigenvalue weighted by Crippen LogP contribution is 2.30. The molecule has 0 aliphatic heterocycles. The van der Waals surface area contributed by atoms with Crippen molar-refractivity contribution in [3.8, 4) is 5.75 Å². The molecule has 1 rings (SSSR count). The predicted octanol–water partition coefficient (Wildman–Crippen LogP) is 3.20. The summed E-state index contributed by atoms with van der Waals surface area (Å²) in [7, 11) is 1.66. The first-order chi connectivity index (χ1) is 6.77. The van der Waals surface area contributed by atoms with Gasteiger partial charge in [0.2, 0.25) is 0 Å². The number of hydrogen-bond donors (Lipinski definition) is 0. The fourth-order valence-corrected chi connectivity index (χ4v) is 2.49. The van der Waals surface area contributed by atoms with E-state index in [-0.39, 0.29) is 0 Å². The van der Waals surface area contributed by atoms with Crippen LogP contribution in [-0.2, 0) is 0 Å². The molecule has 0 N–H and O–H groups in total. The monoisotopic (exact) mass is 231 g/mol. The van der Waals surface area contributed by atoms with Crippen molar-refractivity contribution < 1.29 is 4.74 Å². The van der Waals surface area contributed by atoms with Gasteiger partial charge in [-0.2, -0.15) is 0 Å². The van der Waals surface area contributed by atoms with Gasteiger partial charge in [0.05, 0.1) is 7.11 Å². The molecule has 1 heterocycles. The van der Waals surface area contributed by atoms with Crippen LogP contribution < -0.4 is 4.74 Å². The van der Waals surface area contributed by atoms with E-state index in [1.807, 2.05) is 12.1 Å². The van der Waals surface area contributed by atoms with E-state index in [0.717, 1.165) is 17.2 Å². The average molecular weight is 232 g/mol. The maximum Gasteiger partial charge on any atom is 0.151 e. The van der Waals surface area contributed by atoms with Crippen molar-refractivity contribution in [3.63, 3.8) is 0 Å². The minimum atomic E-state index is 0.469. The van der Waals surface area contributed by atoms with E-state index in [2.05, 4.69) is 11.9 Å². The first kappa shape index (κ1) is 11.7. The molecular formula is C10H14ClNOS. The van der Waals surface area contributed by atoms with Crippen LogP contribution in [0.3, 0.4) is 0 Å². The molecule has 1 aromatic rings. The van der Waals surface area contributed by atoms with Crippen molar-refractivity contribution >= 4 is 23.4 Å². The van der Waals surface area contributed by atoms with Gasteiger partial charge in [-0.3, -0.25) is 0 Å². The Bertz CT molecular complexity index is 283. The van der Waals surface area contributed by atoms with Gasteiger partial charge in [0, 0.05) is 17.3 Å². The third-order valence-electron chi connectivity index (χ3n) is 1.78. The minimum absolute atomic E-state index is 0.469. The number of pyridine rings is 1. The minimum Gasteiger partial charge on any atom is -0.494 e. The molecule has 0 bridgehead atoms. The number of hydrogen-bond acceptors (Lipinski definition) is 3. The first-order valence-corrected chi connectivity index (χ1v) is 5.91. The lowest BCUT2D eigenvalue weighted by atomic mass is 10.4. The summed E-state index contributed by atoms with van der Waals surface area (Å²) in [5.41, 5.74) is 0. The lowest BCUT2D eigenvalue weighted by Crippen LogP contribution is -1.98. The highest BCUT2D eigenvalue weighted by atomic mass is 35.5. The molecule has 1 unspecified atom stereocenters. The van der Waals surface area contributed by atoms with E-state index in [1.165, 1.54) is 0 Å². The zero-order valence-corrected chi connectivity index (χ0v) is 9.94. The van der Waals surface area contributed by atoms with E-state index in [4.69, 9.17) is 16.3 Å². The smallest absolute Gasteiger partial charge is 0.151 e. The molecule has 0 aromatic carbocycles. The Balaban J connectivity index is 2.65. The normalized spacial score (nSPS) is 12.5. The van der Waals surface area contributed by atoms with Gasteiger partial charge >= 0.3 is 0 Å². The summed E-state index contributed by atoms with van der Waals surface area (Å²) >= 11 is 7.37. The Morgan fingerprint density at radius 1 is 1.64 bits per heavy atom. The number of methoxy groups -OCH3 is 1. The van der Waals surface area contributed by atoms with Crippen molar-refractivity contribution in [3.05, 3.63) is 18.3 Å². The van der Waals surface area contributed by atoms with Crippen LogP contribution in [0.25, 0.3) is 0 Å². The molecule has 0 fully saturated rings. The Labute approximate surface area is 94.0 Å². The molecule has 1 atom stereocenters. The zero-order chi connectivity index (χ0) is 10.4. The molecule has 14 heavy (non-hydrogen) atoms. The number of rotatable bonds is 5. The average Bonchev–Trinajstić information content (AvgIpc) is 2.19. The Morgan fingerprint density at radius 2 is 2.43 bits per heavy atom. The van der Waals surface area contributed by atoms with E-state index < -0.39 is 0 Å². The molecule has 0 saturated carbocycles. The van der Waals surface area contributed by atoms with Crippen LogP contribution in [0.2, 0.25) is 0 Å². The van der Waals surface area contributed by atoms with Gasteiger partial charge in [-0.05, 0) is 18.6 Å². The van der Waals surface area contributed by atoms with Gasteiger partial charge in [-0.1, -0.05) is 18.7 Å². The van der Waals surface area contributed by atoms with Crippen molar-refractivity contribution in [1.29, 1.82) is 0 Å². The molecule has 0 spiro atoms. The lowest BCUT2D eigenvalue weighted by Gasteiger charge is -2.10. The Hall–Kier alpha value is -0.410. The SMILES string of the molecule is COc1cccnc1SC(C)CCCl. The summed E-state index contributed by atoms with van der Waals surface area (Å²) in [4.78, 5) is 4.27. The highest BCUT2D eigenvalue weighted by Gasteiger charge is 2.09. The van der Waals surface area contributed by atoms with E-state index in [1.54, 1.807) is 25.1 Å². The summed E-state index contributed by atoms with van der Waals surface area (Å²) in [6.45, 7) is 2.14. The molecule has 0 amide bonds. The Morgan fingerprint density at radius 3 is 3.07 bits per heavy atom. The summed E-state index contributed by atoms with van der Waals surface area (Å²) in [6.07, 6.45) is 2.75. The molecule has 4 heteroatoms. The van der Waals surface area contributed by atoms with Gasteiger partial charge < -0.3 is 4.74 Å². The van der Waals surface area contributed by atoms with Gasteiger partial charge in [0.15, 0.2) is 5.75 Å². The number of thioether (sulfide) groups is 1. The molecule has 2 nitrogen and oxygen atoms in total.